The Morgan fingerprint density at radius 3 is 3.10 bits per heavy atom. The standard InChI is InChI=1S/C15H16N2O3S/c1-19-4-5-20-11-2-3-12-13(10-8-16-21-9-10)7-15(18)17-14(12)6-11/h2-3,6,8-9,13H,4-5,7H2,1H3,(H,17,18). The van der Waals surface area contributed by atoms with E-state index in [4.69, 9.17) is 9.47 Å². The number of anilines is 1. The molecule has 3 rings (SSSR count). The second-order valence-electron chi connectivity index (χ2n) is 4.85. The van der Waals surface area contributed by atoms with E-state index in [2.05, 4.69) is 9.69 Å². The minimum atomic E-state index is 0.0211. The van der Waals surface area contributed by atoms with Crippen LogP contribution in [0.25, 0.3) is 0 Å². The third-order valence-electron chi connectivity index (χ3n) is 3.47. The van der Waals surface area contributed by atoms with Crippen molar-refractivity contribution in [2.75, 3.05) is 25.6 Å². The van der Waals surface area contributed by atoms with E-state index in [9.17, 15) is 4.79 Å². The molecule has 2 heterocycles. The van der Waals surface area contributed by atoms with Crippen LogP contribution in [0, 0.1) is 0 Å². The van der Waals surface area contributed by atoms with Gasteiger partial charge in [-0.05, 0) is 28.7 Å². The fraction of sp³-hybridized carbons (Fsp3) is 0.333. The van der Waals surface area contributed by atoms with Crippen LogP contribution in [0.4, 0.5) is 5.69 Å². The largest absolute Gasteiger partial charge is 0.491 e. The van der Waals surface area contributed by atoms with E-state index in [1.165, 1.54) is 11.5 Å². The number of carbonyl (C=O) groups is 1. The highest BCUT2D eigenvalue weighted by Crippen LogP contribution is 2.38. The molecule has 0 bridgehead atoms. The maximum Gasteiger partial charge on any atom is 0.225 e. The number of ether oxygens (including phenoxy) is 2. The average Bonchev–Trinajstić information content (AvgIpc) is 3.00. The summed E-state index contributed by atoms with van der Waals surface area (Å²) in [5, 5.41) is 4.91. The lowest BCUT2D eigenvalue weighted by atomic mass is 9.86. The van der Waals surface area contributed by atoms with Gasteiger partial charge < -0.3 is 14.8 Å². The fourth-order valence-electron chi connectivity index (χ4n) is 2.46. The third-order valence-corrected chi connectivity index (χ3v) is 4.08. The summed E-state index contributed by atoms with van der Waals surface area (Å²) in [5.41, 5.74) is 3.01. The van der Waals surface area contributed by atoms with Gasteiger partial charge in [0.25, 0.3) is 0 Å². The van der Waals surface area contributed by atoms with Crippen molar-refractivity contribution in [2.24, 2.45) is 0 Å². The lowest BCUT2D eigenvalue weighted by molar-refractivity contribution is -0.116. The Kier molecular flexibility index (Phi) is 4.17. The first-order valence-corrected chi connectivity index (χ1v) is 7.56. The zero-order valence-corrected chi connectivity index (χ0v) is 12.5. The van der Waals surface area contributed by atoms with Gasteiger partial charge in [0.15, 0.2) is 0 Å². The summed E-state index contributed by atoms with van der Waals surface area (Å²) < 4.78 is 14.7. The zero-order valence-electron chi connectivity index (χ0n) is 11.7. The molecule has 1 amide bonds. The maximum atomic E-state index is 11.9. The van der Waals surface area contributed by atoms with Crippen molar-refractivity contribution in [3.63, 3.8) is 0 Å². The molecule has 110 valence electrons. The Hall–Kier alpha value is -1.92. The predicted octanol–water partition coefficient (Wildman–Crippen LogP) is 2.64. The summed E-state index contributed by atoms with van der Waals surface area (Å²) in [6, 6.07) is 5.81. The van der Waals surface area contributed by atoms with Crippen molar-refractivity contribution in [1.29, 1.82) is 0 Å². The lowest BCUT2D eigenvalue weighted by Crippen LogP contribution is -2.23. The molecule has 0 spiro atoms. The molecule has 0 saturated heterocycles. The smallest absolute Gasteiger partial charge is 0.225 e. The quantitative estimate of drug-likeness (QED) is 0.863. The molecular formula is C15H16N2O3S. The molecule has 1 aromatic heterocycles. The molecule has 0 aliphatic carbocycles. The van der Waals surface area contributed by atoms with Gasteiger partial charge in [0, 0.05) is 42.8 Å². The van der Waals surface area contributed by atoms with Crippen molar-refractivity contribution in [2.45, 2.75) is 12.3 Å². The van der Waals surface area contributed by atoms with Gasteiger partial charge in [-0.1, -0.05) is 6.07 Å². The highest BCUT2D eigenvalue weighted by atomic mass is 32.1. The molecule has 1 atom stereocenters. The molecular weight excluding hydrogens is 288 g/mol. The highest BCUT2D eigenvalue weighted by molar-refractivity contribution is 7.03. The van der Waals surface area contributed by atoms with Gasteiger partial charge in [-0.2, -0.15) is 0 Å². The number of amides is 1. The summed E-state index contributed by atoms with van der Waals surface area (Å²) in [5.74, 6) is 0.823. The highest BCUT2D eigenvalue weighted by Gasteiger charge is 2.27. The van der Waals surface area contributed by atoms with Crippen LogP contribution in [0.5, 0.6) is 5.75 Å². The number of hydrogen-bond acceptors (Lipinski definition) is 5. The molecule has 1 aliphatic heterocycles. The molecule has 1 unspecified atom stereocenters. The van der Waals surface area contributed by atoms with Gasteiger partial charge in [-0.3, -0.25) is 4.79 Å². The van der Waals surface area contributed by atoms with Gasteiger partial charge in [0.2, 0.25) is 5.91 Å². The molecule has 0 fully saturated rings. The summed E-state index contributed by atoms with van der Waals surface area (Å²) >= 11 is 1.41. The summed E-state index contributed by atoms with van der Waals surface area (Å²) in [6.45, 7) is 1.02. The number of hydrogen-bond donors (Lipinski definition) is 1. The van der Waals surface area contributed by atoms with Crippen molar-refractivity contribution < 1.29 is 14.3 Å². The Labute approximate surface area is 127 Å². The number of nitrogens with zero attached hydrogens (tertiary/aromatic N) is 1. The van der Waals surface area contributed by atoms with Crippen LogP contribution in [-0.4, -0.2) is 30.6 Å². The van der Waals surface area contributed by atoms with Crippen LogP contribution >= 0.6 is 11.5 Å². The number of aromatic nitrogens is 1. The lowest BCUT2D eigenvalue weighted by Gasteiger charge is -2.25. The van der Waals surface area contributed by atoms with Gasteiger partial charge in [-0.15, -0.1) is 0 Å². The van der Waals surface area contributed by atoms with Crippen molar-refractivity contribution in [3.05, 3.63) is 40.9 Å². The van der Waals surface area contributed by atoms with Gasteiger partial charge in [0.1, 0.15) is 12.4 Å². The van der Waals surface area contributed by atoms with Crippen molar-refractivity contribution in [3.8, 4) is 5.75 Å². The molecule has 1 N–H and O–H groups in total. The normalized spacial score (nSPS) is 17.2. The zero-order chi connectivity index (χ0) is 14.7. The Balaban J connectivity index is 1.87. The molecule has 0 saturated carbocycles. The Bertz CT molecular complexity index is 628. The first-order valence-electron chi connectivity index (χ1n) is 6.72. The van der Waals surface area contributed by atoms with E-state index < -0.39 is 0 Å². The number of fused-ring (bicyclic) bond motifs is 1. The summed E-state index contributed by atoms with van der Waals surface area (Å²) in [4.78, 5) is 11.9. The molecule has 0 radical (unpaired) electrons. The Morgan fingerprint density at radius 1 is 1.43 bits per heavy atom. The van der Waals surface area contributed by atoms with E-state index in [1.54, 1.807) is 7.11 Å². The summed E-state index contributed by atoms with van der Waals surface area (Å²) in [7, 11) is 1.63. The SMILES string of the molecule is COCCOc1ccc2c(c1)NC(=O)CC2c1cnsc1. The minimum Gasteiger partial charge on any atom is -0.491 e. The van der Waals surface area contributed by atoms with Crippen LogP contribution in [0.3, 0.4) is 0 Å². The minimum absolute atomic E-state index is 0.0211. The topological polar surface area (TPSA) is 60.5 Å². The number of benzene rings is 1. The second kappa shape index (κ2) is 6.24. The van der Waals surface area contributed by atoms with E-state index in [1.807, 2.05) is 29.8 Å². The molecule has 1 aliphatic rings. The van der Waals surface area contributed by atoms with Gasteiger partial charge in [0.05, 0.1) is 6.61 Å². The number of nitrogens with one attached hydrogen (secondary N) is 1. The van der Waals surface area contributed by atoms with Crippen LogP contribution in [0.15, 0.2) is 29.8 Å². The first-order chi connectivity index (χ1) is 10.3. The molecule has 2 aromatic rings. The van der Waals surface area contributed by atoms with Gasteiger partial charge in [-0.25, -0.2) is 4.37 Å². The van der Waals surface area contributed by atoms with Crippen LogP contribution in [0.2, 0.25) is 0 Å². The average molecular weight is 304 g/mol. The first kappa shape index (κ1) is 14.0. The number of rotatable bonds is 5. The number of methoxy groups -OCH3 is 1. The van der Waals surface area contributed by atoms with E-state index in [0.717, 1.165) is 22.6 Å². The second-order valence-corrected chi connectivity index (χ2v) is 5.51. The summed E-state index contributed by atoms with van der Waals surface area (Å²) in [6.07, 6.45) is 2.29. The maximum absolute atomic E-state index is 11.9. The van der Waals surface area contributed by atoms with E-state index in [-0.39, 0.29) is 11.8 Å². The van der Waals surface area contributed by atoms with Crippen molar-refractivity contribution >= 4 is 23.1 Å². The van der Waals surface area contributed by atoms with E-state index >= 15 is 0 Å². The van der Waals surface area contributed by atoms with Crippen LogP contribution in [0.1, 0.15) is 23.5 Å². The Morgan fingerprint density at radius 2 is 2.33 bits per heavy atom. The van der Waals surface area contributed by atoms with Gasteiger partial charge >= 0.3 is 0 Å². The van der Waals surface area contributed by atoms with Crippen LogP contribution < -0.4 is 10.1 Å². The molecule has 21 heavy (non-hydrogen) atoms. The molecule has 1 aromatic carbocycles. The molecule has 6 heteroatoms. The monoisotopic (exact) mass is 304 g/mol. The third kappa shape index (κ3) is 3.06. The predicted molar refractivity (Wildman–Crippen MR) is 81.0 cm³/mol. The molecule has 5 nitrogen and oxygen atoms in total. The van der Waals surface area contributed by atoms with E-state index in [0.29, 0.717) is 19.6 Å². The number of carbonyl (C=O) groups excluding carboxylic acids is 1. The van der Waals surface area contributed by atoms with Crippen molar-refractivity contribution in [1.82, 2.24) is 4.37 Å². The fourth-order valence-corrected chi connectivity index (χ4v) is 3.05. The van der Waals surface area contributed by atoms with Crippen LogP contribution in [-0.2, 0) is 9.53 Å².